The maximum Gasteiger partial charge on any atom is 0.293 e. The molecule has 0 spiro atoms. The maximum atomic E-state index is 12.9. The number of benzene rings is 3. The second-order valence-electron chi connectivity index (χ2n) is 7.29. The average molecular weight is 626 g/mol. The van der Waals surface area contributed by atoms with Crippen molar-refractivity contribution in [2.75, 3.05) is 7.11 Å². The number of ether oxygens (including phenoxy) is 2. The SMILES string of the molecule is COc1ccc(/C=C2\SC(=O)N(Cc3ccc(I)cc3)C2=O)cc1OCc1c(Cl)cccc1Cl. The van der Waals surface area contributed by atoms with Gasteiger partial charge in [0.05, 0.1) is 18.6 Å². The molecule has 0 aliphatic carbocycles. The van der Waals surface area contributed by atoms with Gasteiger partial charge in [-0.15, -0.1) is 0 Å². The molecule has 0 atom stereocenters. The zero-order valence-electron chi connectivity index (χ0n) is 17.9. The number of halogens is 3. The molecule has 0 aromatic heterocycles. The van der Waals surface area contributed by atoms with E-state index in [1.807, 2.05) is 24.3 Å². The number of rotatable bonds is 7. The molecule has 174 valence electrons. The Hall–Kier alpha value is -2.20. The minimum atomic E-state index is -0.324. The van der Waals surface area contributed by atoms with Crippen LogP contribution in [0.2, 0.25) is 10.0 Å². The Bertz CT molecular complexity index is 1260. The lowest BCUT2D eigenvalue weighted by Crippen LogP contribution is -2.27. The topological polar surface area (TPSA) is 55.8 Å². The van der Waals surface area contributed by atoms with E-state index in [1.54, 1.807) is 49.6 Å². The van der Waals surface area contributed by atoms with E-state index in [-0.39, 0.29) is 24.3 Å². The number of nitrogens with zero attached hydrogens (tertiary/aromatic N) is 1. The van der Waals surface area contributed by atoms with Crippen LogP contribution in [0.4, 0.5) is 4.79 Å². The minimum absolute atomic E-state index is 0.144. The lowest BCUT2D eigenvalue weighted by Gasteiger charge is -2.13. The molecule has 0 N–H and O–H groups in total. The highest BCUT2D eigenvalue weighted by Gasteiger charge is 2.35. The van der Waals surface area contributed by atoms with Gasteiger partial charge < -0.3 is 9.47 Å². The van der Waals surface area contributed by atoms with Gasteiger partial charge in [0.15, 0.2) is 11.5 Å². The number of imide groups is 1. The number of hydrogen-bond acceptors (Lipinski definition) is 5. The Morgan fingerprint density at radius 2 is 1.71 bits per heavy atom. The van der Waals surface area contributed by atoms with Crippen LogP contribution in [0.1, 0.15) is 16.7 Å². The third-order valence-electron chi connectivity index (χ3n) is 5.05. The Labute approximate surface area is 225 Å². The van der Waals surface area contributed by atoms with E-state index in [0.717, 1.165) is 20.9 Å². The second kappa shape index (κ2) is 11.0. The van der Waals surface area contributed by atoms with E-state index >= 15 is 0 Å². The molecule has 1 aliphatic rings. The van der Waals surface area contributed by atoms with Crippen LogP contribution < -0.4 is 9.47 Å². The molecule has 4 rings (SSSR count). The molecule has 1 fully saturated rings. The van der Waals surface area contributed by atoms with Gasteiger partial charge in [-0.05, 0) is 88.0 Å². The lowest BCUT2D eigenvalue weighted by molar-refractivity contribution is -0.123. The zero-order valence-corrected chi connectivity index (χ0v) is 22.4. The van der Waals surface area contributed by atoms with Crippen molar-refractivity contribution >= 4 is 74.8 Å². The van der Waals surface area contributed by atoms with E-state index in [4.69, 9.17) is 32.7 Å². The largest absolute Gasteiger partial charge is 0.493 e. The minimum Gasteiger partial charge on any atom is -0.493 e. The fourth-order valence-electron chi connectivity index (χ4n) is 3.28. The van der Waals surface area contributed by atoms with Gasteiger partial charge >= 0.3 is 0 Å². The molecule has 0 unspecified atom stereocenters. The molecule has 5 nitrogen and oxygen atoms in total. The van der Waals surface area contributed by atoms with Crippen LogP contribution in [0.15, 0.2) is 65.6 Å². The summed E-state index contributed by atoms with van der Waals surface area (Å²) in [4.78, 5) is 27.0. The van der Waals surface area contributed by atoms with Gasteiger partial charge in [-0.25, -0.2) is 0 Å². The summed E-state index contributed by atoms with van der Waals surface area (Å²) in [6.45, 7) is 0.374. The summed E-state index contributed by atoms with van der Waals surface area (Å²) in [6.07, 6.45) is 1.67. The molecule has 0 radical (unpaired) electrons. The van der Waals surface area contributed by atoms with Gasteiger partial charge in [-0.1, -0.05) is 47.5 Å². The molecule has 9 heteroatoms. The van der Waals surface area contributed by atoms with Crippen molar-refractivity contribution in [1.82, 2.24) is 4.90 Å². The van der Waals surface area contributed by atoms with Crippen molar-refractivity contribution in [2.45, 2.75) is 13.2 Å². The fourth-order valence-corrected chi connectivity index (χ4v) is 4.98. The van der Waals surface area contributed by atoms with Crippen molar-refractivity contribution in [3.05, 3.63) is 95.9 Å². The first-order chi connectivity index (χ1) is 16.4. The standard InChI is InChI=1S/C25H18Cl2INO4S/c1-32-21-10-7-16(11-22(21)33-14-18-19(26)3-2-4-20(18)27)12-23-24(30)29(25(31)34-23)13-15-5-8-17(28)9-6-15/h2-12H,13-14H2,1H3/b23-12-. The van der Waals surface area contributed by atoms with Crippen LogP contribution in [0.25, 0.3) is 6.08 Å². The summed E-state index contributed by atoms with van der Waals surface area (Å²) in [5, 5.41) is 0.710. The molecule has 1 saturated heterocycles. The van der Waals surface area contributed by atoms with Crippen LogP contribution in [0.3, 0.4) is 0 Å². The third-order valence-corrected chi connectivity index (χ3v) is 7.38. The van der Waals surface area contributed by atoms with Gasteiger partial charge in [0.25, 0.3) is 11.1 Å². The molecular formula is C25H18Cl2INO4S. The van der Waals surface area contributed by atoms with E-state index in [2.05, 4.69) is 22.6 Å². The average Bonchev–Trinajstić information content (AvgIpc) is 3.07. The first kappa shape index (κ1) is 24.9. The van der Waals surface area contributed by atoms with Crippen LogP contribution in [-0.4, -0.2) is 23.2 Å². The van der Waals surface area contributed by atoms with Crippen molar-refractivity contribution in [1.29, 1.82) is 0 Å². The molecule has 2 amide bonds. The highest BCUT2D eigenvalue weighted by Crippen LogP contribution is 2.36. The number of methoxy groups -OCH3 is 1. The number of carbonyl (C=O) groups is 2. The third kappa shape index (κ3) is 5.71. The summed E-state index contributed by atoms with van der Waals surface area (Å²) in [6, 6.07) is 18.2. The quantitative estimate of drug-likeness (QED) is 0.202. The van der Waals surface area contributed by atoms with Crippen LogP contribution in [0.5, 0.6) is 11.5 Å². The first-order valence-corrected chi connectivity index (χ1v) is 12.7. The molecule has 0 bridgehead atoms. The highest BCUT2D eigenvalue weighted by atomic mass is 127. The number of thioether (sulfide) groups is 1. The van der Waals surface area contributed by atoms with Crippen LogP contribution in [0, 0.1) is 3.57 Å². The highest BCUT2D eigenvalue weighted by molar-refractivity contribution is 14.1. The van der Waals surface area contributed by atoms with Gasteiger partial charge in [0, 0.05) is 19.2 Å². The molecule has 1 heterocycles. The molecule has 34 heavy (non-hydrogen) atoms. The molecule has 3 aromatic carbocycles. The number of carbonyl (C=O) groups excluding carboxylic acids is 2. The Morgan fingerprint density at radius 1 is 1.00 bits per heavy atom. The van der Waals surface area contributed by atoms with Gasteiger partial charge in [-0.3, -0.25) is 14.5 Å². The summed E-state index contributed by atoms with van der Waals surface area (Å²) in [5.74, 6) is 0.659. The number of hydrogen-bond donors (Lipinski definition) is 0. The fraction of sp³-hybridized carbons (Fsp3) is 0.120. The summed E-state index contributed by atoms with van der Waals surface area (Å²) >= 11 is 15.6. The summed E-state index contributed by atoms with van der Waals surface area (Å²) < 4.78 is 12.4. The van der Waals surface area contributed by atoms with E-state index < -0.39 is 0 Å². The van der Waals surface area contributed by atoms with Gasteiger partial charge in [0.1, 0.15) is 6.61 Å². The normalized spacial score (nSPS) is 14.7. The zero-order chi connectivity index (χ0) is 24.2. The van der Waals surface area contributed by atoms with Crippen LogP contribution in [-0.2, 0) is 17.9 Å². The van der Waals surface area contributed by atoms with Crippen molar-refractivity contribution < 1.29 is 19.1 Å². The maximum absolute atomic E-state index is 12.9. The van der Waals surface area contributed by atoms with E-state index in [0.29, 0.717) is 37.6 Å². The molecular weight excluding hydrogens is 608 g/mol. The van der Waals surface area contributed by atoms with Gasteiger partial charge in [0.2, 0.25) is 0 Å². The lowest BCUT2D eigenvalue weighted by atomic mass is 10.1. The van der Waals surface area contributed by atoms with Crippen molar-refractivity contribution in [3.63, 3.8) is 0 Å². The van der Waals surface area contributed by atoms with E-state index in [1.165, 1.54) is 4.90 Å². The van der Waals surface area contributed by atoms with Crippen LogP contribution >= 0.6 is 57.6 Å². The van der Waals surface area contributed by atoms with Crippen molar-refractivity contribution in [2.24, 2.45) is 0 Å². The smallest absolute Gasteiger partial charge is 0.293 e. The Morgan fingerprint density at radius 3 is 2.38 bits per heavy atom. The molecule has 0 saturated carbocycles. The first-order valence-electron chi connectivity index (χ1n) is 10.1. The Balaban J connectivity index is 1.53. The van der Waals surface area contributed by atoms with Crippen molar-refractivity contribution in [3.8, 4) is 11.5 Å². The summed E-state index contributed by atoms with van der Waals surface area (Å²) in [5.41, 5.74) is 2.25. The van der Waals surface area contributed by atoms with E-state index in [9.17, 15) is 9.59 Å². The molecule has 1 aliphatic heterocycles. The van der Waals surface area contributed by atoms with Gasteiger partial charge in [-0.2, -0.15) is 0 Å². The predicted molar refractivity (Wildman–Crippen MR) is 144 cm³/mol. The second-order valence-corrected chi connectivity index (χ2v) is 10.3. The monoisotopic (exact) mass is 625 g/mol. The predicted octanol–water partition coefficient (Wildman–Crippen LogP) is 7.42. The molecule has 3 aromatic rings. The Kier molecular flexibility index (Phi) is 8.08. The number of amides is 2. The summed E-state index contributed by atoms with van der Waals surface area (Å²) in [7, 11) is 1.54.